The average molecular weight is 305 g/mol. The summed E-state index contributed by atoms with van der Waals surface area (Å²) < 4.78 is 5.37. The fourth-order valence-corrected chi connectivity index (χ4v) is 2.83. The van der Waals surface area contributed by atoms with Crippen LogP contribution in [-0.4, -0.2) is 30.8 Å². The lowest BCUT2D eigenvalue weighted by Crippen LogP contribution is -2.45. The van der Waals surface area contributed by atoms with Crippen molar-refractivity contribution in [1.29, 1.82) is 0 Å². The number of carbonyl (C=O) groups excluding carboxylic acids is 1. The molecule has 0 radical (unpaired) electrons. The number of rotatable bonds is 8. The van der Waals surface area contributed by atoms with Crippen molar-refractivity contribution in [3.05, 3.63) is 29.8 Å². The van der Waals surface area contributed by atoms with Crippen molar-refractivity contribution in [3.8, 4) is 5.75 Å². The summed E-state index contributed by atoms with van der Waals surface area (Å²) in [5, 5.41) is 12.3. The van der Waals surface area contributed by atoms with E-state index in [-0.39, 0.29) is 18.6 Å². The van der Waals surface area contributed by atoms with Crippen LogP contribution in [0.2, 0.25) is 0 Å². The standard InChI is InChI=1S/C18H27NO3/c1-18(2,12-14-6-4-5-7-16(14)22-3)17(21)19-15(10-11-20)13-8-9-13/h4-7,13,15,20H,8-12H2,1-3H3,(H,19,21). The lowest BCUT2D eigenvalue weighted by molar-refractivity contribution is -0.130. The Hall–Kier alpha value is -1.55. The molecule has 0 aromatic heterocycles. The van der Waals surface area contributed by atoms with Gasteiger partial charge in [-0.15, -0.1) is 0 Å². The molecule has 122 valence electrons. The number of hydrogen-bond acceptors (Lipinski definition) is 3. The van der Waals surface area contributed by atoms with Gasteiger partial charge in [0.1, 0.15) is 5.75 Å². The van der Waals surface area contributed by atoms with Crippen LogP contribution < -0.4 is 10.1 Å². The molecule has 4 heteroatoms. The monoisotopic (exact) mass is 305 g/mol. The van der Waals surface area contributed by atoms with Crippen molar-refractivity contribution in [3.63, 3.8) is 0 Å². The van der Waals surface area contributed by atoms with Crippen LogP contribution in [0.1, 0.15) is 38.7 Å². The van der Waals surface area contributed by atoms with Gasteiger partial charge in [-0.05, 0) is 43.2 Å². The van der Waals surface area contributed by atoms with Gasteiger partial charge in [0.15, 0.2) is 0 Å². The second-order valence-corrected chi connectivity index (χ2v) is 6.80. The molecule has 2 rings (SSSR count). The Labute approximate surface area is 132 Å². The molecule has 22 heavy (non-hydrogen) atoms. The maximum Gasteiger partial charge on any atom is 0.226 e. The Morgan fingerprint density at radius 2 is 2.09 bits per heavy atom. The molecule has 1 aliphatic carbocycles. The third kappa shape index (κ3) is 4.23. The first kappa shape index (κ1) is 16.8. The Morgan fingerprint density at radius 1 is 1.41 bits per heavy atom. The van der Waals surface area contributed by atoms with Crippen LogP contribution in [0.3, 0.4) is 0 Å². The molecule has 1 aliphatic rings. The average Bonchev–Trinajstić information content (AvgIpc) is 3.31. The van der Waals surface area contributed by atoms with E-state index in [1.165, 1.54) is 0 Å². The van der Waals surface area contributed by atoms with Crippen LogP contribution in [0.15, 0.2) is 24.3 Å². The van der Waals surface area contributed by atoms with Gasteiger partial charge < -0.3 is 15.2 Å². The number of para-hydroxylation sites is 1. The number of methoxy groups -OCH3 is 1. The fourth-order valence-electron chi connectivity index (χ4n) is 2.83. The second-order valence-electron chi connectivity index (χ2n) is 6.80. The Bertz CT molecular complexity index is 509. The highest BCUT2D eigenvalue weighted by Crippen LogP contribution is 2.35. The molecular weight excluding hydrogens is 278 g/mol. The summed E-state index contributed by atoms with van der Waals surface area (Å²) in [6.45, 7) is 4.03. The van der Waals surface area contributed by atoms with Gasteiger partial charge in [0.25, 0.3) is 0 Å². The first-order valence-corrected chi connectivity index (χ1v) is 8.01. The van der Waals surface area contributed by atoms with E-state index in [0.29, 0.717) is 18.8 Å². The van der Waals surface area contributed by atoms with Crippen LogP contribution in [0.5, 0.6) is 5.75 Å². The van der Waals surface area contributed by atoms with Gasteiger partial charge in [0.05, 0.1) is 7.11 Å². The summed E-state index contributed by atoms with van der Waals surface area (Å²) in [7, 11) is 1.65. The first-order chi connectivity index (χ1) is 10.5. The van der Waals surface area contributed by atoms with Gasteiger partial charge in [-0.1, -0.05) is 32.0 Å². The number of aliphatic hydroxyl groups is 1. The lowest BCUT2D eigenvalue weighted by Gasteiger charge is -2.28. The fraction of sp³-hybridized carbons (Fsp3) is 0.611. The number of ether oxygens (including phenoxy) is 1. The van der Waals surface area contributed by atoms with E-state index in [0.717, 1.165) is 24.2 Å². The minimum absolute atomic E-state index is 0.0451. The predicted octanol–water partition coefficient (Wildman–Crippen LogP) is 2.54. The van der Waals surface area contributed by atoms with Crippen molar-refractivity contribution >= 4 is 5.91 Å². The van der Waals surface area contributed by atoms with E-state index in [1.807, 2.05) is 38.1 Å². The molecule has 4 nitrogen and oxygen atoms in total. The normalized spacial score (nSPS) is 16.2. The SMILES string of the molecule is COc1ccccc1CC(C)(C)C(=O)NC(CCO)C1CC1. The molecule has 1 aromatic carbocycles. The highest BCUT2D eigenvalue weighted by molar-refractivity contribution is 5.82. The van der Waals surface area contributed by atoms with Gasteiger partial charge in [0.2, 0.25) is 5.91 Å². The molecule has 0 aliphatic heterocycles. The van der Waals surface area contributed by atoms with Crippen LogP contribution in [0.4, 0.5) is 0 Å². The van der Waals surface area contributed by atoms with Gasteiger partial charge in [-0.25, -0.2) is 0 Å². The summed E-state index contributed by atoms with van der Waals surface area (Å²) in [6, 6.07) is 7.92. The minimum atomic E-state index is -0.517. The van der Waals surface area contributed by atoms with Gasteiger partial charge >= 0.3 is 0 Å². The van der Waals surface area contributed by atoms with E-state index < -0.39 is 5.41 Å². The molecule has 0 spiro atoms. The topological polar surface area (TPSA) is 58.6 Å². The third-order valence-corrected chi connectivity index (χ3v) is 4.39. The highest BCUT2D eigenvalue weighted by Gasteiger charge is 2.36. The quantitative estimate of drug-likeness (QED) is 0.776. The molecule has 0 bridgehead atoms. The molecule has 1 unspecified atom stereocenters. The summed E-state index contributed by atoms with van der Waals surface area (Å²) >= 11 is 0. The van der Waals surface area contributed by atoms with Crippen LogP contribution >= 0.6 is 0 Å². The van der Waals surface area contributed by atoms with Crippen LogP contribution in [0, 0.1) is 11.3 Å². The summed E-state index contributed by atoms with van der Waals surface area (Å²) in [5.41, 5.74) is 0.521. The zero-order chi connectivity index (χ0) is 16.2. The second kappa shape index (κ2) is 7.14. The van der Waals surface area contributed by atoms with E-state index in [2.05, 4.69) is 5.32 Å². The van der Waals surface area contributed by atoms with Gasteiger partial charge in [-0.2, -0.15) is 0 Å². The lowest BCUT2D eigenvalue weighted by atomic mass is 9.84. The number of carbonyl (C=O) groups is 1. The van der Waals surface area contributed by atoms with Gasteiger partial charge in [0, 0.05) is 18.1 Å². The maximum absolute atomic E-state index is 12.7. The van der Waals surface area contributed by atoms with Crippen molar-refractivity contribution in [2.45, 2.75) is 45.6 Å². The number of benzene rings is 1. The summed E-state index contributed by atoms with van der Waals surface area (Å²) in [4.78, 5) is 12.7. The minimum Gasteiger partial charge on any atom is -0.496 e. The van der Waals surface area contributed by atoms with E-state index in [9.17, 15) is 4.79 Å². The van der Waals surface area contributed by atoms with Crippen molar-refractivity contribution in [1.82, 2.24) is 5.32 Å². The smallest absolute Gasteiger partial charge is 0.226 e. The zero-order valence-corrected chi connectivity index (χ0v) is 13.8. The van der Waals surface area contributed by atoms with E-state index >= 15 is 0 Å². The third-order valence-electron chi connectivity index (χ3n) is 4.39. The Kier molecular flexibility index (Phi) is 5.46. The van der Waals surface area contributed by atoms with Crippen molar-refractivity contribution in [2.75, 3.05) is 13.7 Å². The molecule has 0 heterocycles. The number of amides is 1. The van der Waals surface area contributed by atoms with Crippen molar-refractivity contribution < 1.29 is 14.6 Å². The van der Waals surface area contributed by atoms with Crippen molar-refractivity contribution in [2.24, 2.45) is 11.3 Å². The predicted molar refractivity (Wildman–Crippen MR) is 86.8 cm³/mol. The molecule has 0 saturated heterocycles. The molecule has 1 aromatic rings. The summed E-state index contributed by atoms with van der Waals surface area (Å²) in [5.74, 6) is 1.40. The van der Waals surface area contributed by atoms with E-state index in [1.54, 1.807) is 7.11 Å². The van der Waals surface area contributed by atoms with E-state index in [4.69, 9.17) is 9.84 Å². The molecule has 1 fully saturated rings. The maximum atomic E-state index is 12.7. The number of hydrogen-bond donors (Lipinski definition) is 2. The zero-order valence-electron chi connectivity index (χ0n) is 13.8. The largest absolute Gasteiger partial charge is 0.496 e. The molecule has 1 amide bonds. The van der Waals surface area contributed by atoms with Gasteiger partial charge in [-0.3, -0.25) is 4.79 Å². The summed E-state index contributed by atoms with van der Waals surface area (Å²) in [6.07, 6.45) is 3.57. The number of aliphatic hydroxyl groups excluding tert-OH is 1. The Balaban J connectivity index is 2.03. The molecule has 1 saturated carbocycles. The van der Waals surface area contributed by atoms with Crippen LogP contribution in [0.25, 0.3) is 0 Å². The molecule has 1 atom stereocenters. The number of nitrogens with one attached hydrogen (secondary N) is 1. The molecular formula is C18H27NO3. The highest BCUT2D eigenvalue weighted by atomic mass is 16.5. The Morgan fingerprint density at radius 3 is 2.68 bits per heavy atom. The molecule has 2 N–H and O–H groups in total. The first-order valence-electron chi connectivity index (χ1n) is 8.01. The van der Waals surface area contributed by atoms with Crippen LogP contribution in [-0.2, 0) is 11.2 Å².